The smallest absolute Gasteiger partial charge is 0.303 e. The predicted octanol–water partition coefficient (Wildman–Crippen LogP) is -2.40. The summed E-state index contributed by atoms with van der Waals surface area (Å²) in [5.41, 5.74) is 4.14. The number of carboxylic acids is 1. The molecule has 0 aromatic rings. The van der Waals surface area contributed by atoms with E-state index in [9.17, 15) is 72.5 Å². The summed E-state index contributed by atoms with van der Waals surface area (Å²) in [6.45, 7) is 7.59. The number of hydrogen-bond acceptors (Lipinski definition) is 31. The van der Waals surface area contributed by atoms with Gasteiger partial charge in [0, 0.05) is 120 Å². The van der Waals surface area contributed by atoms with Crippen molar-refractivity contribution >= 4 is 77.2 Å². The van der Waals surface area contributed by atoms with Crippen LogP contribution in [0, 0.1) is 0 Å². The molecule has 0 aromatic carbocycles. The number of ether oxygens (including phenoxy) is 13. The summed E-state index contributed by atoms with van der Waals surface area (Å²) in [5, 5.41) is 52.3. The number of aliphatic hydroxyl groups excluding tert-OH is 2. The van der Waals surface area contributed by atoms with Crippen molar-refractivity contribution in [2.24, 2.45) is 5.73 Å². The second-order valence-electron chi connectivity index (χ2n) is 24.2. The third-order valence-electron chi connectivity index (χ3n) is 14.9. The van der Waals surface area contributed by atoms with Crippen molar-refractivity contribution in [3.63, 3.8) is 0 Å². The standard InChI is InChI=1S/C64H109N9O29/c1-39(74)71-54-58(97-45(7)80)56(95-43(5)78)47(34-93-41(3)76)99-60(54)101-62(88)69-29-18-27-67-50(83)23-32-91-37-64(36-90-31-22-49(82)66-26-17-25-65,73-52(85)20-15-13-11-9-10-12-14-16-21-53(86)87)38-92-33-24-51(84)68-28-19-30-70-63(89)102-61-55(72-40(2)75)59(98-46(8)81)57(96-44(6)79)48(100-61)35-94-42(4)77/h47-48,54-63,69-70,88-89H,9-38,65H2,1-8H3,(H,66,82)(H,67,83)(H,68,84)(H,71,74)(H,72,75)(H,73,85)(H,86,87)/t47?,48?,54?,55?,56-,57-,58?,59?,60+,61+,62?,63?,64?/m1/s1. The lowest BCUT2D eigenvalue weighted by Gasteiger charge is -2.45. The summed E-state index contributed by atoms with van der Waals surface area (Å²) in [6, 6.07) is -2.70. The number of amides is 6. The highest BCUT2D eigenvalue weighted by Crippen LogP contribution is 2.30. The van der Waals surface area contributed by atoms with Crippen molar-refractivity contribution in [3.8, 4) is 0 Å². The van der Waals surface area contributed by atoms with E-state index in [0.717, 1.165) is 93.9 Å². The molecule has 2 aliphatic rings. The van der Waals surface area contributed by atoms with Crippen LogP contribution < -0.4 is 48.3 Å². The Balaban J connectivity index is 2.16. The van der Waals surface area contributed by atoms with Crippen molar-refractivity contribution in [1.29, 1.82) is 0 Å². The Bertz CT molecular complexity index is 2480. The van der Waals surface area contributed by atoms with Crippen molar-refractivity contribution in [1.82, 2.24) is 42.5 Å². The maximum atomic E-state index is 13.8. The Labute approximate surface area is 592 Å². The second kappa shape index (κ2) is 51.7. The Kier molecular flexibility index (Phi) is 46.0. The molecule has 0 radical (unpaired) electrons. The number of hydrogen-bond donors (Lipinski definition) is 12. The molecular weight excluding hydrogens is 1360 g/mol. The molecule has 0 aromatic heterocycles. The zero-order valence-corrected chi connectivity index (χ0v) is 59.7. The lowest BCUT2D eigenvalue weighted by atomic mass is 9.96. The van der Waals surface area contributed by atoms with Gasteiger partial charge in [-0.05, 0) is 38.6 Å². The minimum absolute atomic E-state index is 0.0298. The van der Waals surface area contributed by atoms with Gasteiger partial charge in [-0.25, -0.2) is 0 Å². The summed E-state index contributed by atoms with van der Waals surface area (Å²) < 4.78 is 73.1. The van der Waals surface area contributed by atoms with Gasteiger partial charge in [-0.2, -0.15) is 0 Å². The van der Waals surface area contributed by atoms with Crippen LogP contribution in [0.4, 0.5) is 0 Å². The molecule has 0 bridgehead atoms. The first-order chi connectivity index (χ1) is 48.4. The first kappa shape index (κ1) is 90.7. The summed E-state index contributed by atoms with van der Waals surface area (Å²) in [4.78, 5) is 160. The molecule has 0 saturated carbocycles. The molecule has 12 atom stereocenters. The number of esters is 6. The van der Waals surface area contributed by atoms with Gasteiger partial charge in [-0.1, -0.05) is 38.5 Å². The van der Waals surface area contributed by atoms with Gasteiger partial charge in [0.15, 0.2) is 37.0 Å². The SMILES string of the molecule is CC(=O)NC1C(OC(C)=O)[C@H](OC(C)=O)C(COC(C)=O)O[C@H]1OC(O)NCCCNC(=O)CCOCC(COCCC(=O)NCCCN)(COCCC(=O)NCCCNC(O)O[C@@H]1OC(COC(C)=O)[C@@H](OC(C)=O)C(OC(C)=O)C1NC(C)=O)NC(=O)CCCCCCCCCCC(=O)O. The number of unbranched alkanes of at least 4 members (excludes halogenated alkanes) is 7. The zero-order valence-electron chi connectivity index (χ0n) is 59.7. The molecule has 2 heterocycles. The topological polar surface area (TPSA) is 525 Å². The summed E-state index contributed by atoms with van der Waals surface area (Å²) >= 11 is 0. The minimum atomic E-state index is -1.79. The fourth-order valence-corrected chi connectivity index (χ4v) is 10.4. The van der Waals surface area contributed by atoms with Gasteiger partial charge >= 0.3 is 41.8 Å². The first-order valence-corrected chi connectivity index (χ1v) is 34.1. The van der Waals surface area contributed by atoms with Crippen LogP contribution in [-0.4, -0.2) is 264 Å². The van der Waals surface area contributed by atoms with Crippen molar-refractivity contribution in [2.75, 3.05) is 92.1 Å². The van der Waals surface area contributed by atoms with Gasteiger partial charge in [-0.3, -0.25) is 73.0 Å². The highest BCUT2D eigenvalue weighted by atomic mass is 16.8. The molecule has 38 nitrogen and oxygen atoms in total. The normalized spacial score (nSPS) is 21.2. The van der Waals surface area contributed by atoms with Gasteiger partial charge in [0.05, 0.1) is 39.6 Å². The van der Waals surface area contributed by atoms with Crippen molar-refractivity contribution < 1.29 is 139 Å². The van der Waals surface area contributed by atoms with Crippen LogP contribution in [-0.2, 0) is 124 Å². The third-order valence-corrected chi connectivity index (χ3v) is 14.9. The number of nitrogens with two attached hydrogens (primary N) is 1. The van der Waals surface area contributed by atoms with Crippen LogP contribution in [0.25, 0.3) is 0 Å². The zero-order chi connectivity index (χ0) is 76.0. The number of carbonyl (C=O) groups is 13. The van der Waals surface area contributed by atoms with E-state index in [-0.39, 0.29) is 123 Å². The van der Waals surface area contributed by atoms with Crippen LogP contribution in [0.5, 0.6) is 0 Å². The molecule has 38 heteroatoms. The minimum Gasteiger partial charge on any atom is -0.481 e. The van der Waals surface area contributed by atoms with Crippen molar-refractivity contribution in [2.45, 2.75) is 238 Å². The highest BCUT2D eigenvalue weighted by molar-refractivity contribution is 5.78. The molecule has 0 spiro atoms. The molecule has 2 rings (SSSR count). The maximum Gasteiger partial charge on any atom is 0.303 e. The number of aliphatic carboxylic acids is 1. The molecule has 0 aliphatic carbocycles. The van der Waals surface area contributed by atoms with E-state index < -0.39 is 158 Å². The van der Waals surface area contributed by atoms with Gasteiger partial charge in [-0.15, -0.1) is 0 Å². The maximum absolute atomic E-state index is 13.8. The van der Waals surface area contributed by atoms with E-state index in [1.165, 1.54) is 0 Å². The van der Waals surface area contributed by atoms with E-state index in [1.54, 1.807) is 0 Å². The molecular formula is C64H109N9O29. The molecule has 2 aliphatic heterocycles. The average Bonchev–Trinajstić information content (AvgIpc) is 0.791. The Morgan fingerprint density at radius 1 is 0.422 bits per heavy atom. The van der Waals surface area contributed by atoms with E-state index in [2.05, 4.69) is 42.5 Å². The third kappa shape index (κ3) is 41.1. The van der Waals surface area contributed by atoms with Crippen molar-refractivity contribution in [3.05, 3.63) is 0 Å². The molecule has 2 fully saturated rings. The highest BCUT2D eigenvalue weighted by Gasteiger charge is 2.53. The lowest BCUT2D eigenvalue weighted by Crippen LogP contribution is -2.67. The number of nitrogens with one attached hydrogen (secondary N) is 8. The van der Waals surface area contributed by atoms with Gasteiger partial charge < -0.3 is 115 Å². The molecule has 102 heavy (non-hydrogen) atoms. The van der Waals surface area contributed by atoms with E-state index in [1.807, 2.05) is 0 Å². The van der Waals surface area contributed by atoms with Crippen LogP contribution >= 0.6 is 0 Å². The lowest BCUT2D eigenvalue weighted by molar-refractivity contribution is -0.314. The first-order valence-electron chi connectivity index (χ1n) is 34.1. The number of aliphatic hydroxyl groups is 2. The van der Waals surface area contributed by atoms with Gasteiger partial charge in [0.25, 0.3) is 0 Å². The molecule has 2 saturated heterocycles. The van der Waals surface area contributed by atoms with Crippen LogP contribution in [0.1, 0.15) is 158 Å². The fourth-order valence-electron chi connectivity index (χ4n) is 10.4. The second-order valence-corrected chi connectivity index (χ2v) is 24.2. The molecule has 584 valence electrons. The molecule has 8 unspecified atom stereocenters. The quantitative estimate of drug-likeness (QED) is 0.0131. The fraction of sp³-hybridized carbons (Fsp3) is 0.797. The summed E-state index contributed by atoms with van der Waals surface area (Å²) in [7, 11) is 0. The Morgan fingerprint density at radius 2 is 0.765 bits per heavy atom. The van der Waals surface area contributed by atoms with Gasteiger partial charge in [0.1, 0.15) is 43.0 Å². The molecule has 6 amide bonds. The predicted molar refractivity (Wildman–Crippen MR) is 351 cm³/mol. The van der Waals surface area contributed by atoms with Crippen LogP contribution in [0.3, 0.4) is 0 Å². The summed E-state index contributed by atoms with van der Waals surface area (Å²) in [6.07, 6.45) is -7.94. The average molecular weight is 1470 g/mol. The largest absolute Gasteiger partial charge is 0.481 e. The number of carbonyl (C=O) groups excluding carboxylic acids is 12. The van der Waals surface area contributed by atoms with E-state index >= 15 is 0 Å². The van der Waals surface area contributed by atoms with E-state index in [0.29, 0.717) is 32.4 Å². The number of carboxylic acid groups (broad SMARTS) is 1. The van der Waals surface area contributed by atoms with E-state index in [4.69, 9.17) is 72.4 Å². The Hall–Kier alpha value is -7.37. The molecule has 13 N–H and O–H groups in total. The van der Waals surface area contributed by atoms with Crippen LogP contribution in [0.2, 0.25) is 0 Å². The Morgan fingerprint density at radius 3 is 1.10 bits per heavy atom. The summed E-state index contributed by atoms with van der Waals surface area (Å²) in [5.74, 6) is -8.41. The number of rotatable bonds is 54. The monoisotopic (exact) mass is 1470 g/mol. The van der Waals surface area contributed by atoms with Gasteiger partial charge in [0.2, 0.25) is 48.3 Å². The van der Waals surface area contributed by atoms with Crippen LogP contribution in [0.15, 0.2) is 0 Å².